The van der Waals surface area contributed by atoms with Crippen LogP contribution < -0.4 is 10.2 Å². The van der Waals surface area contributed by atoms with E-state index in [0.717, 1.165) is 37.4 Å². The average molecular weight is 383 g/mol. The van der Waals surface area contributed by atoms with Crippen LogP contribution in [0.2, 0.25) is 0 Å². The first-order valence-corrected chi connectivity index (χ1v) is 9.25. The summed E-state index contributed by atoms with van der Waals surface area (Å²) in [6.07, 6.45) is 0. The number of carbonyl (C=O) groups is 2. The first-order valence-electron chi connectivity index (χ1n) is 9.25. The summed E-state index contributed by atoms with van der Waals surface area (Å²) in [7, 11) is 1.35. The lowest BCUT2D eigenvalue weighted by Crippen LogP contribution is -2.49. The molecule has 1 amide bonds. The molecule has 0 bridgehead atoms. The molecule has 2 N–H and O–H groups in total. The van der Waals surface area contributed by atoms with Crippen molar-refractivity contribution in [3.63, 3.8) is 0 Å². The van der Waals surface area contributed by atoms with Gasteiger partial charge in [-0.1, -0.05) is 12.1 Å². The SMILES string of the molecule is COC(=O)c1ccc(CNC(=O)CN2CCN(c3ccc(O)cc3)CC2)cc1. The van der Waals surface area contributed by atoms with Crippen LogP contribution in [0.25, 0.3) is 0 Å². The molecule has 7 heteroatoms. The van der Waals surface area contributed by atoms with Crippen LogP contribution in [0, 0.1) is 0 Å². The summed E-state index contributed by atoms with van der Waals surface area (Å²) >= 11 is 0. The van der Waals surface area contributed by atoms with Crippen molar-refractivity contribution in [1.29, 1.82) is 0 Å². The van der Waals surface area contributed by atoms with Crippen LogP contribution in [0.5, 0.6) is 5.75 Å². The molecule has 148 valence electrons. The van der Waals surface area contributed by atoms with Gasteiger partial charge in [0.1, 0.15) is 5.75 Å². The van der Waals surface area contributed by atoms with Crippen molar-refractivity contribution in [2.75, 3.05) is 44.7 Å². The molecule has 7 nitrogen and oxygen atoms in total. The van der Waals surface area contributed by atoms with Gasteiger partial charge < -0.3 is 20.1 Å². The number of hydrogen-bond donors (Lipinski definition) is 2. The molecule has 28 heavy (non-hydrogen) atoms. The third kappa shape index (κ3) is 5.23. The molecule has 1 saturated heterocycles. The van der Waals surface area contributed by atoms with Gasteiger partial charge in [0.05, 0.1) is 19.2 Å². The number of amides is 1. The zero-order chi connectivity index (χ0) is 19.9. The number of esters is 1. The fourth-order valence-corrected chi connectivity index (χ4v) is 3.16. The van der Waals surface area contributed by atoms with E-state index in [-0.39, 0.29) is 17.6 Å². The number of benzene rings is 2. The van der Waals surface area contributed by atoms with Crippen LogP contribution in [-0.4, -0.2) is 61.7 Å². The fraction of sp³-hybridized carbons (Fsp3) is 0.333. The van der Waals surface area contributed by atoms with Crippen LogP contribution in [0.1, 0.15) is 15.9 Å². The Morgan fingerprint density at radius 1 is 1.00 bits per heavy atom. The average Bonchev–Trinajstić information content (AvgIpc) is 2.73. The molecule has 0 aliphatic carbocycles. The minimum Gasteiger partial charge on any atom is -0.508 e. The number of ether oxygens (including phenoxy) is 1. The van der Waals surface area contributed by atoms with Gasteiger partial charge in [0.25, 0.3) is 0 Å². The van der Waals surface area contributed by atoms with E-state index >= 15 is 0 Å². The number of piperazine rings is 1. The molecule has 0 aromatic heterocycles. The summed E-state index contributed by atoms with van der Waals surface area (Å²) in [6, 6.07) is 14.2. The lowest BCUT2D eigenvalue weighted by atomic mass is 10.1. The van der Waals surface area contributed by atoms with Gasteiger partial charge in [-0.3, -0.25) is 9.69 Å². The first-order chi connectivity index (χ1) is 13.5. The molecule has 0 radical (unpaired) electrons. The number of rotatable bonds is 6. The van der Waals surface area contributed by atoms with Crippen molar-refractivity contribution in [3.05, 3.63) is 59.7 Å². The minimum absolute atomic E-state index is 0.0184. The van der Waals surface area contributed by atoms with Gasteiger partial charge in [0.2, 0.25) is 5.91 Å². The Bertz CT molecular complexity index is 797. The second-order valence-corrected chi connectivity index (χ2v) is 6.74. The van der Waals surface area contributed by atoms with E-state index in [1.54, 1.807) is 24.3 Å². The molecular weight excluding hydrogens is 358 g/mol. The zero-order valence-corrected chi connectivity index (χ0v) is 15.9. The Balaban J connectivity index is 1.41. The number of carbonyl (C=O) groups excluding carboxylic acids is 2. The van der Waals surface area contributed by atoms with Crippen LogP contribution in [0.3, 0.4) is 0 Å². The number of nitrogens with one attached hydrogen (secondary N) is 1. The Morgan fingerprint density at radius 3 is 2.25 bits per heavy atom. The molecule has 2 aromatic carbocycles. The summed E-state index contributed by atoms with van der Waals surface area (Å²) in [5.41, 5.74) is 2.50. The molecule has 1 aliphatic rings. The minimum atomic E-state index is -0.373. The van der Waals surface area contributed by atoms with E-state index in [1.165, 1.54) is 7.11 Å². The predicted molar refractivity (Wildman–Crippen MR) is 106 cm³/mol. The second kappa shape index (κ2) is 9.23. The lowest BCUT2D eigenvalue weighted by molar-refractivity contribution is -0.122. The van der Waals surface area contributed by atoms with Crippen molar-refractivity contribution < 1.29 is 19.4 Å². The number of phenolic OH excluding ortho intramolecular Hbond substituents is 1. The predicted octanol–water partition coefficient (Wildman–Crippen LogP) is 1.62. The number of methoxy groups -OCH3 is 1. The maximum atomic E-state index is 12.2. The van der Waals surface area contributed by atoms with Crippen molar-refractivity contribution in [3.8, 4) is 5.75 Å². The van der Waals surface area contributed by atoms with Gasteiger partial charge in [-0.25, -0.2) is 4.79 Å². The first kappa shape index (κ1) is 19.7. The summed E-state index contributed by atoms with van der Waals surface area (Å²) in [5, 5.41) is 12.3. The third-order valence-electron chi connectivity index (χ3n) is 4.82. The van der Waals surface area contributed by atoms with E-state index < -0.39 is 0 Å². The molecule has 2 aromatic rings. The molecule has 0 spiro atoms. The molecule has 3 rings (SSSR count). The van der Waals surface area contributed by atoms with Crippen molar-refractivity contribution in [2.24, 2.45) is 0 Å². The summed E-state index contributed by atoms with van der Waals surface area (Å²) < 4.78 is 4.67. The number of nitrogens with zero attached hydrogens (tertiary/aromatic N) is 2. The van der Waals surface area contributed by atoms with Crippen molar-refractivity contribution >= 4 is 17.6 Å². The van der Waals surface area contributed by atoms with Crippen molar-refractivity contribution in [2.45, 2.75) is 6.54 Å². The van der Waals surface area contributed by atoms with E-state index in [2.05, 4.69) is 19.9 Å². The van der Waals surface area contributed by atoms with Gasteiger partial charge in [-0.15, -0.1) is 0 Å². The molecule has 1 aliphatic heterocycles. The Morgan fingerprint density at radius 2 is 1.64 bits per heavy atom. The zero-order valence-electron chi connectivity index (χ0n) is 15.9. The maximum Gasteiger partial charge on any atom is 0.337 e. The highest BCUT2D eigenvalue weighted by molar-refractivity contribution is 5.89. The van der Waals surface area contributed by atoms with Crippen LogP contribution in [-0.2, 0) is 16.1 Å². The van der Waals surface area contributed by atoms with E-state index in [4.69, 9.17) is 0 Å². The Kier molecular flexibility index (Phi) is 6.49. The second-order valence-electron chi connectivity index (χ2n) is 6.74. The Hall–Kier alpha value is -3.06. The topological polar surface area (TPSA) is 82.1 Å². The number of hydrogen-bond acceptors (Lipinski definition) is 6. The lowest BCUT2D eigenvalue weighted by Gasteiger charge is -2.35. The smallest absolute Gasteiger partial charge is 0.337 e. The summed E-state index contributed by atoms with van der Waals surface area (Å²) in [6.45, 7) is 4.09. The molecular formula is C21H25N3O4. The van der Waals surface area contributed by atoms with E-state index in [1.807, 2.05) is 24.3 Å². The van der Waals surface area contributed by atoms with Gasteiger partial charge in [-0.05, 0) is 42.0 Å². The molecule has 0 unspecified atom stereocenters. The monoisotopic (exact) mass is 383 g/mol. The highest BCUT2D eigenvalue weighted by Gasteiger charge is 2.19. The van der Waals surface area contributed by atoms with Gasteiger partial charge >= 0.3 is 5.97 Å². The van der Waals surface area contributed by atoms with Crippen LogP contribution >= 0.6 is 0 Å². The van der Waals surface area contributed by atoms with Gasteiger partial charge in [0, 0.05) is 38.4 Å². The highest BCUT2D eigenvalue weighted by Crippen LogP contribution is 2.19. The van der Waals surface area contributed by atoms with E-state index in [9.17, 15) is 14.7 Å². The van der Waals surface area contributed by atoms with Crippen molar-refractivity contribution in [1.82, 2.24) is 10.2 Å². The van der Waals surface area contributed by atoms with Gasteiger partial charge in [0.15, 0.2) is 0 Å². The summed E-state index contributed by atoms with van der Waals surface area (Å²) in [5.74, 6) is -0.129. The Labute approximate surface area is 164 Å². The summed E-state index contributed by atoms with van der Waals surface area (Å²) in [4.78, 5) is 28.0. The van der Waals surface area contributed by atoms with Gasteiger partial charge in [-0.2, -0.15) is 0 Å². The number of anilines is 1. The maximum absolute atomic E-state index is 12.2. The molecule has 0 atom stereocenters. The highest BCUT2D eigenvalue weighted by atomic mass is 16.5. The molecule has 1 fully saturated rings. The normalized spacial score (nSPS) is 14.5. The third-order valence-corrected chi connectivity index (χ3v) is 4.82. The molecule has 1 heterocycles. The molecule has 0 saturated carbocycles. The standard InChI is InChI=1S/C21H25N3O4/c1-28-21(27)17-4-2-16(3-5-17)14-22-20(26)15-23-10-12-24(13-11-23)18-6-8-19(25)9-7-18/h2-9,25H,10-15H2,1H3,(H,22,26). The van der Waals surface area contributed by atoms with E-state index in [0.29, 0.717) is 18.7 Å². The number of phenols is 1. The van der Waals surface area contributed by atoms with Crippen LogP contribution in [0.4, 0.5) is 5.69 Å². The van der Waals surface area contributed by atoms with Crippen LogP contribution in [0.15, 0.2) is 48.5 Å². The fourth-order valence-electron chi connectivity index (χ4n) is 3.16. The number of aromatic hydroxyl groups is 1. The largest absolute Gasteiger partial charge is 0.508 e. The quantitative estimate of drug-likeness (QED) is 0.738.